The molecule has 0 aromatic heterocycles. The predicted molar refractivity (Wildman–Crippen MR) is 133 cm³/mol. The molecule has 7 atom stereocenters. The Morgan fingerprint density at radius 3 is 2.26 bits per heavy atom. The quantitative estimate of drug-likeness (QED) is 0.434. The second-order valence-electron chi connectivity index (χ2n) is 13.7. The van der Waals surface area contributed by atoms with E-state index in [2.05, 4.69) is 67.5 Å². The smallest absolute Gasteiger partial charge is 0.0979 e. The third-order valence-electron chi connectivity index (χ3n) is 11.5. The summed E-state index contributed by atoms with van der Waals surface area (Å²) in [4.78, 5) is 0. The zero-order valence-electron chi connectivity index (χ0n) is 21.9. The normalized spacial score (nSPS) is 44.7. The van der Waals surface area contributed by atoms with Crippen molar-refractivity contribution in [2.24, 2.45) is 51.2 Å². The zero-order valence-corrected chi connectivity index (χ0v) is 21.9. The van der Waals surface area contributed by atoms with Gasteiger partial charge in [0.2, 0.25) is 0 Å². The minimum Gasteiger partial charge on any atom is -0.512 e. The molecule has 1 nitrogen and oxygen atoms in total. The Labute approximate surface area is 193 Å². The van der Waals surface area contributed by atoms with Crippen molar-refractivity contribution >= 4 is 0 Å². The molecule has 0 aliphatic heterocycles. The summed E-state index contributed by atoms with van der Waals surface area (Å²) < 4.78 is 0. The van der Waals surface area contributed by atoms with Crippen LogP contribution in [0.25, 0.3) is 0 Å². The summed E-state index contributed by atoms with van der Waals surface area (Å²) in [5.41, 5.74) is 2.53. The van der Waals surface area contributed by atoms with Gasteiger partial charge in [0.05, 0.1) is 5.76 Å². The highest BCUT2D eigenvalue weighted by Gasteiger charge is 2.65. The van der Waals surface area contributed by atoms with Crippen LogP contribution in [0.4, 0.5) is 0 Å². The van der Waals surface area contributed by atoms with Crippen molar-refractivity contribution in [1.82, 2.24) is 0 Å². The lowest BCUT2D eigenvalue weighted by Gasteiger charge is -2.63. The largest absolute Gasteiger partial charge is 0.512 e. The second-order valence-corrected chi connectivity index (χ2v) is 13.7. The maximum absolute atomic E-state index is 10.6. The zero-order chi connectivity index (χ0) is 22.8. The Bertz CT molecular complexity index is 756. The molecule has 0 unspecified atom stereocenters. The lowest BCUT2D eigenvalue weighted by atomic mass is 9.41. The molecule has 1 N–H and O–H groups in total. The van der Waals surface area contributed by atoms with Gasteiger partial charge in [-0.1, -0.05) is 72.5 Å². The Morgan fingerprint density at radius 2 is 1.58 bits per heavy atom. The molecule has 176 valence electrons. The van der Waals surface area contributed by atoms with Gasteiger partial charge in [-0.3, -0.25) is 0 Å². The Kier molecular flexibility index (Phi) is 5.79. The monoisotopic (exact) mass is 426 g/mol. The molecule has 2 saturated carbocycles. The molecule has 2 fully saturated rings. The van der Waals surface area contributed by atoms with Gasteiger partial charge in [0.25, 0.3) is 0 Å². The Hall–Kier alpha value is -0.720. The third-order valence-corrected chi connectivity index (χ3v) is 11.5. The molecule has 4 aliphatic rings. The highest BCUT2D eigenvalue weighted by atomic mass is 16.3. The van der Waals surface area contributed by atoms with Gasteiger partial charge in [-0.2, -0.15) is 0 Å². The van der Waals surface area contributed by atoms with Gasteiger partial charge in [0.15, 0.2) is 0 Å². The highest BCUT2D eigenvalue weighted by Crippen LogP contribution is 2.73. The summed E-state index contributed by atoms with van der Waals surface area (Å²) in [6.07, 6.45) is 16.9. The standard InChI is InChI=1S/C30H50O/c1-20(2)10-9-11-21(3)22-14-18-30(8)24-12-13-25-27(4,5)26(31)16-17-28(25,6)23(24)15-19-29(22,30)7/h13,16,20-24,31H,9-12,14-15,17-19H2,1-8H3/t21-,22+,23+,24-,28-,29+,30-/m1/s1. The molecule has 0 bridgehead atoms. The number of fused-ring (bicyclic) bond motifs is 5. The van der Waals surface area contributed by atoms with Crippen LogP contribution < -0.4 is 0 Å². The summed E-state index contributed by atoms with van der Waals surface area (Å²) in [6, 6.07) is 0. The van der Waals surface area contributed by atoms with Crippen molar-refractivity contribution in [3.05, 3.63) is 23.5 Å². The van der Waals surface area contributed by atoms with E-state index in [-0.39, 0.29) is 10.8 Å². The summed E-state index contributed by atoms with van der Waals surface area (Å²) >= 11 is 0. The fourth-order valence-electron chi connectivity index (χ4n) is 9.42. The molecule has 0 aromatic carbocycles. The predicted octanol–water partition coefficient (Wildman–Crippen LogP) is 9.11. The molecular weight excluding hydrogens is 376 g/mol. The molecule has 0 spiro atoms. The van der Waals surface area contributed by atoms with Crippen LogP contribution in [0.3, 0.4) is 0 Å². The number of hydrogen-bond acceptors (Lipinski definition) is 1. The molecule has 0 radical (unpaired) electrons. The van der Waals surface area contributed by atoms with Crippen molar-refractivity contribution in [2.45, 2.75) is 113 Å². The van der Waals surface area contributed by atoms with E-state index in [1.54, 1.807) is 0 Å². The molecule has 0 amide bonds. The molecule has 1 heteroatoms. The number of allylic oxidation sites excluding steroid dienone is 3. The Morgan fingerprint density at radius 1 is 0.903 bits per heavy atom. The van der Waals surface area contributed by atoms with Crippen molar-refractivity contribution in [3.8, 4) is 0 Å². The number of aliphatic hydroxyl groups is 1. The maximum Gasteiger partial charge on any atom is 0.0979 e. The summed E-state index contributed by atoms with van der Waals surface area (Å²) in [5, 5.41) is 10.6. The van der Waals surface area contributed by atoms with Crippen LogP contribution in [0, 0.1) is 51.2 Å². The first-order valence-electron chi connectivity index (χ1n) is 13.5. The van der Waals surface area contributed by atoms with Crippen LogP contribution in [0.5, 0.6) is 0 Å². The van der Waals surface area contributed by atoms with Gasteiger partial charge in [-0.05, 0) is 104 Å². The molecule has 0 saturated heterocycles. The van der Waals surface area contributed by atoms with E-state index in [1.807, 2.05) is 0 Å². The summed E-state index contributed by atoms with van der Waals surface area (Å²) in [6.45, 7) is 19.7. The Balaban J connectivity index is 1.60. The van der Waals surface area contributed by atoms with Gasteiger partial charge in [0.1, 0.15) is 0 Å². The molecule has 0 heterocycles. The van der Waals surface area contributed by atoms with Crippen LogP contribution in [0.1, 0.15) is 113 Å². The van der Waals surface area contributed by atoms with Gasteiger partial charge in [-0.25, -0.2) is 0 Å². The minimum absolute atomic E-state index is 0.192. The first-order valence-corrected chi connectivity index (χ1v) is 13.5. The lowest BCUT2D eigenvalue weighted by molar-refractivity contribution is -0.110. The van der Waals surface area contributed by atoms with E-state index in [4.69, 9.17) is 0 Å². The van der Waals surface area contributed by atoms with E-state index in [9.17, 15) is 5.11 Å². The average molecular weight is 427 g/mol. The third kappa shape index (κ3) is 3.30. The van der Waals surface area contributed by atoms with E-state index < -0.39 is 0 Å². The molecule has 4 rings (SSSR count). The van der Waals surface area contributed by atoms with Gasteiger partial charge < -0.3 is 5.11 Å². The van der Waals surface area contributed by atoms with Crippen LogP contribution in [-0.2, 0) is 0 Å². The van der Waals surface area contributed by atoms with Crippen LogP contribution >= 0.6 is 0 Å². The van der Waals surface area contributed by atoms with Crippen molar-refractivity contribution in [3.63, 3.8) is 0 Å². The van der Waals surface area contributed by atoms with Crippen LogP contribution in [0.2, 0.25) is 0 Å². The fourth-order valence-corrected chi connectivity index (χ4v) is 9.42. The van der Waals surface area contributed by atoms with E-state index in [0.29, 0.717) is 16.6 Å². The first kappa shape index (κ1) is 23.4. The minimum atomic E-state index is -0.192. The second kappa shape index (κ2) is 7.66. The van der Waals surface area contributed by atoms with Crippen LogP contribution in [0.15, 0.2) is 23.5 Å². The van der Waals surface area contributed by atoms with Gasteiger partial charge in [0, 0.05) is 5.41 Å². The van der Waals surface area contributed by atoms with Crippen molar-refractivity contribution in [1.29, 1.82) is 0 Å². The molecule has 31 heavy (non-hydrogen) atoms. The van der Waals surface area contributed by atoms with Crippen LogP contribution in [-0.4, -0.2) is 5.11 Å². The first-order chi connectivity index (χ1) is 14.4. The average Bonchev–Trinajstić information content (AvgIpc) is 2.96. The van der Waals surface area contributed by atoms with E-state index in [0.717, 1.165) is 36.0 Å². The highest BCUT2D eigenvalue weighted by molar-refractivity contribution is 5.38. The SMILES string of the molecule is CC(C)CCC[C@@H](C)[C@@H]1CC[C@]2(C)[C@@H]3CC=C4C(C)(C)C(O)=CC[C@]4(C)[C@H]3CC[C@@]12C. The maximum atomic E-state index is 10.6. The summed E-state index contributed by atoms with van der Waals surface area (Å²) in [5.74, 6) is 4.76. The van der Waals surface area contributed by atoms with Crippen molar-refractivity contribution in [2.75, 3.05) is 0 Å². The fraction of sp³-hybridized carbons (Fsp3) is 0.867. The van der Waals surface area contributed by atoms with E-state index in [1.165, 1.54) is 56.9 Å². The number of rotatable bonds is 5. The molecule has 0 aromatic rings. The topological polar surface area (TPSA) is 20.2 Å². The lowest BCUT2D eigenvalue weighted by Crippen LogP contribution is -2.56. The van der Waals surface area contributed by atoms with Crippen molar-refractivity contribution < 1.29 is 5.11 Å². The van der Waals surface area contributed by atoms with Gasteiger partial charge >= 0.3 is 0 Å². The molecular formula is C30H50O. The van der Waals surface area contributed by atoms with E-state index >= 15 is 0 Å². The number of hydrogen-bond donors (Lipinski definition) is 1. The molecule has 4 aliphatic carbocycles. The number of aliphatic hydroxyl groups excluding tert-OH is 1. The summed E-state index contributed by atoms with van der Waals surface area (Å²) in [7, 11) is 0. The van der Waals surface area contributed by atoms with Gasteiger partial charge in [-0.15, -0.1) is 0 Å².